The second kappa shape index (κ2) is 6.67. The van der Waals surface area contributed by atoms with E-state index in [2.05, 4.69) is 10.6 Å². The number of carbonyl (C=O) groups is 1. The molecule has 2 heterocycles. The molecule has 0 aromatic heterocycles. The number of benzene rings is 1. The van der Waals surface area contributed by atoms with Crippen molar-refractivity contribution in [2.45, 2.75) is 25.3 Å². The number of hydrogen-bond donors (Lipinski definition) is 2. The van der Waals surface area contributed by atoms with Crippen LogP contribution in [0, 0.1) is 5.41 Å². The average molecular weight is 304 g/mol. The van der Waals surface area contributed by atoms with E-state index >= 15 is 0 Å². The molecule has 1 atom stereocenters. The monoisotopic (exact) mass is 304 g/mol. The van der Waals surface area contributed by atoms with Gasteiger partial charge >= 0.3 is 0 Å². The van der Waals surface area contributed by atoms with Gasteiger partial charge < -0.3 is 20.1 Å². The fourth-order valence-corrected chi connectivity index (χ4v) is 3.44. The zero-order valence-corrected chi connectivity index (χ0v) is 13.1. The van der Waals surface area contributed by atoms with Crippen LogP contribution in [0.4, 0.5) is 0 Å². The van der Waals surface area contributed by atoms with E-state index in [1.54, 1.807) is 7.11 Å². The summed E-state index contributed by atoms with van der Waals surface area (Å²) >= 11 is 0. The molecule has 2 fully saturated rings. The smallest absolute Gasteiger partial charge is 0.237 e. The van der Waals surface area contributed by atoms with E-state index in [0.29, 0.717) is 6.54 Å². The average Bonchev–Trinajstić information content (AvgIpc) is 2.55. The van der Waals surface area contributed by atoms with E-state index in [1.165, 1.54) is 0 Å². The highest BCUT2D eigenvalue weighted by molar-refractivity contribution is 5.84. The Morgan fingerprint density at radius 2 is 2.18 bits per heavy atom. The Morgan fingerprint density at radius 3 is 2.86 bits per heavy atom. The molecule has 2 N–H and O–H groups in total. The first-order valence-corrected chi connectivity index (χ1v) is 7.96. The van der Waals surface area contributed by atoms with E-state index in [0.717, 1.165) is 50.3 Å². The van der Waals surface area contributed by atoms with Crippen LogP contribution in [0.15, 0.2) is 24.3 Å². The number of ether oxygens (including phenoxy) is 2. The van der Waals surface area contributed by atoms with Crippen LogP contribution in [0.1, 0.15) is 18.4 Å². The Morgan fingerprint density at radius 1 is 1.41 bits per heavy atom. The summed E-state index contributed by atoms with van der Waals surface area (Å²) in [5.41, 5.74) is 1.24. The van der Waals surface area contributed by atoms with Gasteiger partial charge in [0.2, 0.25) is 5.91 Å². The van der Waals surface area contributed by atoms with Gasteiger partial charge in [-0.05, 0) is 30.9 Å². The van der Waals surface area contributed by atoms with Gasteiger partial charge in [-0.15, -0.1) is 0 Å². The fourth-order valence-electron chi connectivity index (χ4n) is 3.44. The first-order chi connectivity index (χ1) is 10.7. The van der Waals surface area contributed by atoms with Crippen molar-refractivity contribution < 1.29 is 14.3 Å². The number of hydrogen-bond acceptors (Lipinski definition) is 4. The molecule has 2 aliphatic rings. The van der Waals surface area contributed by atoms with Gasteiger partial charge in [0.15, 0.2) is 0 Å². The van der Waals surface area contributed by atoms with Gasteiger partial charge in [-0.2, -0.15) is 0 Å². The van der Waals surface area contributed by atoms with Crippen molar-refractivity contribution in [1.82, 2.24) is 10.6 Å². The van der Waals surface area contributed by atoms with Crippen LogP contribution in [-0.2, 0) is 16.0 Å². The largest absolute Gasteiger partial charge is 0.496 e. The molecular formula is C17H24N2O3. The maximum absolute atomic E-state index is 12.4. The van der Waals surface area contributed by atoms with E-state index in [1.807, 2.05) is 24.3 Å². The first kappa shape index (κ1) is 15.3. The summed E-state index contributed by atoms with van der Waals surface area (Å²) in [6, 6.07) is 7.86. The van der Waals surface area contributed by atoms with Crippen LogP contribution in [0.2, 0.25) is 0 Å². The van der Waals surface area contributed by atoms with Gasteiger partial charge in [0.05, 0.1) is 13.2 Å². The third-order valence-electron chi connectivity index (χ3n) is 4.91. The minimum Gasteiger partial charge on any atom is -0.496 e. The molecular weight excluding hydrogens is 280 g/mol. The predicted molar refractivity (Wildman–Crippen MR) is 84.0 cm³/mol. The summed E-state index contributed by atoms with van der Waals surface area (Å²) in [5.74, 6) is 0.988. The molecule has 1 aromatic carbocycles. The topological polar surface area (TPSA) is 59.6 Å². The Bertz CT molecular complexity index is 526. The lowest BCUT2D eigenvalue weighted by Crippen LogP contribution is -2.69. The molecule has 5 heteroatoms. The lowest BCUT2D eigenvalue weighted by molar-refractivity contribution is -0.135. The normalized spacial score (nSPS) is 22.9. The van der Waals surface area contributed by atoms with Crippen LogP contribution in [0.3, 0.4) is 0 Å². The molecule has 1 amide bonds. The molecule has 1 aromatic rings. The Balaban J connectivity index is 1.50. The third-order valence-corrected chi connectivity index (χ3v) is 4.91. The summed E-state index contributed by atoms with van der Waals surface area (Å²) in [7, 11) is 1.67. The van der Waals surface area contributed by atoms with Crippen molar-refractivity contribution in [2.24, 2.45) is 5.41 Å². The highest BCUT2D eigenvalue weighted by Gasteiger charge is 2.50. The van der Waals surface area contributed by atoms with Crippen LogP contribution < -0.4 is 15.4 Å². The molecule has 1 spiro atoms. The minimum atomic E-state index is -0.0610. The summed E-state index contributed by atoms with van der Waals surface area (Å²) < 4.78 is 10.8. The Kier molecular flexibility index (Phi) is 4.64. The third kappa shape index (κ3) is 2.96. The van der Waals surface area contributed by atoms with Crippen LogP contribution in [0.5, 0.6) is 5.75 Å². The van der Waals surface area contributed by atoms with Crippen LogP contribution >= 0.6 is 0 Å². The van der Waals surface area contributed by atoms with Crippen molar-refractivity contribution in [3.63, 3.8) is 0 Å². The Labute approximate surface area is 131 Å². The molecule has 0 radical (unpaired) electrons. The summed E-state index contributed by atoms with van der Waals surface area (Å²) in [6.45, 7) is 3.10. The number of para-hydroxylation sites is 1. The number of nitrogens with one attached hydrogen (secondary N) is 2. The van der Waals surface area contributed by atoms with Gasteiger partial charge in [0.25, 0.3) is 0 Å². The number of amides is 1. The highest BCUT2D eigenvalue weighted by Crippen LogP contribution is 2.39. The first-order valence-electron chi connectivity index (χ1n) is 7.96. The van der Waals surface area contributed by atoms with Gasteiger partial charge in [0.1, 0.15) is 5.75 Å². The lowest BCUT2D eigenvalue weighted by atomic mass is 9.67. The molecule has 22 heavy (non-hydrogen) atoms. The minimum absolute atomic E-state index is 0.0610. The fraction of sp³-hybridized carbons (Fsp3) is 0.588. The molecule has 2 saturated heterocycles. The van der Waals surface area contributed by atoms with Crippen molar-refractivity contribution in [1.29, 1.82) is 0 Å². The standard InChI is InChI=1S/C17H24N2O3/c1-21-14-5-3-2-4-13(14)6-9-18-16(20)15-17(12-19-15)7-10-22-11-8-17/h2-5,15,19H,6-12H2,1H3,(H,18,20). The zero-order chi connectivity index (χ0) is 15.4. The molecule has 0 saturated carbocycles. The van der Waals surface area contributed by atoms with Gasteiger partial charge in [-0.1, -0.05) is 18.2 Å². The summed E-state index contributed by atoms with van der Waals surface area (Å²) in [6.07, 6.45) is 2.73. The SMILES string of the molecule is COc1ccccc1CCNC(=O)C1NCC12CCOCC2. The quantitative estimate of drug-likeness (QED) is 0.856. The Hall–Kier alpha value is -1.59. The van der Waals surface area contributed by atoms with Gasteiger partial charge in [-0.25, -0.2) is 0 Å². The van der Waals surface area contributed by atoms with E-state index in [9.17, 15) is 4.79 Å². The van der Waals surface area contributed by atoms with Crippen molar-refractivity contribution in [3.8, 4) is 5.75 Å². The second-order valence-corrected chi connectivity index (χ2v) is 6.14. The van der Waals surface area contributed by atoms with Crippen molar-refractivity contribution in [2.75, 3.05) is 33.4 Å². The van der Waals surface area contributed by atoms with Crippen LogP contribution in [-0.4, -0.2) is 45.4 Å². The van der Waals surface area contributed by atoms with Crippen molar-refractivity contribution >= 4 is 5.91 Å². The maximum atomic E-state index is 12.4. The summed E-state index contributed by atoms with van der Waals surface area (Å²) in [5, 5.41) is 6.34. The maximum Gasteiger partial charge on any atom is 0.237 e. The number of methoxy groups -OCH3 is 1. The lowest BCUT2D eigenvalue weighted by Gasteiger charge is -2.51. The van der Waals surface area contributed by atoms with Crippen molar-refractivity contribution in [3.05, 3.63) is 29.8 Å². The zero-order valence-electron chi connectivity index (χ0n) is 13.1. The molecule has 5 nitrogen and oxygen atoms in total. The van der Waals surface area contributed by atoms with E-state index < -0.39 is 0 Å². The molecule has 0 bridgehead atoms. The molecule has 120 valence electrons. The number of rotatable bonds is 5. The molecule has 3 rings (SSSR count). The second-order valence-electron chi connectivity index (χ2n) is 6.14. The molecule has 2 aliphatic heterocycles. The van der Waals surface area contributed by atoms with Gasteiger partial charge in [-0.3, -0.25) is 4.79 Å². The molecule has 1 unspecified atom stereocenters. The summed E-state index contributed by atoms with van der Waals surface area (Å²) in [4.78, 5) is 12.4. The molecule has 0 aliphatic carbocycles. The highest BCUT2D eigenvalue weighted by atomic mass is 16.5. The van der Waals surface area contributed by atoms with E-state index in [-0.39, 0.29) is 17.4 Å². The van der Waals surface area contributed by atoms with Gasteiger partial charge in [0, 0.05) is 31.7 Å². The van der Waals surface area contributed by atoms with E-state index in [4.69, 9.17) is 9.47 Å². The van der Waals surface area contributed by atoms with Crippen LogP contribution in [0.25, 0.3) is 0 Å². The predicted octanol–water partition coefficient (Wildman–Crippen LogP) is 1.12. The number of carbonyl (C=O) groups excluding carboxylic acids is 1.